The summed E-state index contributed by atoms with van der Waals surface area (Å²) in [5, 5.41) is 11.2. The van der Waals surface area contributed by atoms with Gasteiger partial charge in [0.05, 0.1) is 17.2 Å². The Hall–Kier alpha value is -1.89. The van der Waals surface area contributed by atoms with Gasteiger partial charge >= 0.3 is 0 Å². The zero-order valence-electron chi connectivity index (χ0n) is 14.1. The minimum atomic E-state index is -4.01. The van der Waals surface area contributed by atoms with Crippen molar-refractivity contribution in [3.05, 3.63) is 100 Å². The van der Waals surface area contributed by atoms with Crippen LogP contribution in [0.5, 0.6) is 0 Å². The van der Waals surface area contributed by atoms with E-state index in [0.717, 1.165) is 0 Å². The number of hydrogen-bond donors (Lipinski definition) is 2. The summed E-state index contributed by atoms with van der Waals surface area (Å²) in [6.45, 7) is 0. The van der Waals surface area contributed by atoms with Gasteiger partial charge in [0, 0.05) is 5.02 Å². The molecule has 27 heavy (non-hydrogen) atoms. The first-order valence-corrected chi connectivity index (χ1v) is 10.4. The molecule has 2 N–H and O–H groups in total. The topological polar surface area (TPSA) is 66.4 Å². The summed E-state index contributed by atoms with van der Waals surface area (Å²) >= 11 is 11.9. The quantitative estimate of drug-likeness (QED) is 0.603. The van der Waals surface area contributed by atoms with Crippen LogP contribution in [0.1, 0.15) is 23.3 Å². The maximum absolute atomic E-state index is 12.9. The van der Waals surface area contributed by atoms with Gasteiger partial charge < -0.3 is 5.11 Å². The predicted molar refractivity (Wildman–Crippen MR) is 107 cm³/mol. The SMILES string of the molecule is O=S(=O)(N[C@@H](c1ccccc1)[C@@H](O)c1ccccc1)c1ccc(Cl)cc1Cl. The monoisotopic (exact) mass is 421 g/mol. The number of aliphatic hydroxyl groups excluding tert-OH is 1. The van der Waals surface area contributed by atoms with Crippen molar-refractivity contribution in [1.82, 2.24) is 4.72 Å². The molecule has 0 aliphatic heterocycles. The van der Waals surface area contributed by atoms with Crippen LogP contribution in [0.25, 0.3) is 0 Å². The Morgan fingerprint density at radius 2 is 1.37 bits per heavy atom. The summed E-state index contributed by atoms with van der Waals surface area (Å²) in [5.41, 5.74) is 1.22. The average molecular weight is 422 g/mol. The molecular weight excluding hydrogens is 405 g/mol. The van der Waals surface area contributed by atoms with Gasteiger partial charge in [-0.1, -0.05) is 83.9 Å². The number of hydrogen-bond acceptors (Lipinski definition) is 3. The molecule has 0 spiro atoms. The van der Waals surface area contributed by atoms with Crippen LogP contribution in [0, 0.1) is 0 Å². The van der Waals surface area contributed by atoms with Crippen molar-refractivity contribution < 1.29 is 13.5 Å². The van der Waals surface area contributed by atoms with Gasteiger partial charge in [-0.15, -0.1) is 0 Å². The second kappa shape index (κ2) is 8.42. The van der Waals surface area contributed by atoms with Crippen molar-refractivity contribution in [3.63, 3.8) is 0 Å². The highest BCUT2D eigenvalue weighted by Crippen LogP contribution is 2.32. The first-order valence-electron chi connectivity index (χ1n) is 8.14. The van der Waals surface area contributed by atoms with Crippen LogP contribution < -0.4 is 4.72 Å². The Balaban J connectivity index is 2.01. The molecular formula is C20H17Cl2NO3S. The van der Waals surface area contributed by atoms with Crippen LogP contribution in [0.15, 0.2) is 83.8 Å². The Labute approximate surface area is 168 Å². The molecule has 140 valence electrons. The van der Waals surface area contributed by atoms with E-state index < -0.39 is 22.2 Å². The van der Waals surface area contributed by atoms with Crippen LogP contribution in [0.4, 0.5) is 0 Å². The second-order valence-corrected chi connectivity index (χ2v) is 8.47. The molecule has 0 fully saturated rings. The van der Waals surface area contributed by atoms with Crippen LogP contribution in [-0.2, 0) is 10.0 Å². The van der Waals surface area contributed by atoms with E-state index in [1.807, 2.05) is 12.1 Å². The molecule has 3 aromatic carbocycles. The van der Waals surface area contributed by atoms with Gasteiger partial charge in [0.25, 0.3) is 0 Å². The van der Waals surface area contributed by atoms with E-state index in [1.165, 1.54) is 18.2 Å². The lowest BCUT2D eigenvalue weighted by molar-refractivity contribution is 0.139. The van der Waals surface area contributed by atoms with E-state index in [0.29, 0.717) is 16.1 Å². The normalized spacial score (nSPS) is 13.9. The summed E-state index contributed by atoms with van der Waals surface area (Å²) in [5.74, 6) is 0. The van der Waals surface area contributed by atoms with Gasteiger partial charge in [-0.3, -0.25) is 0 Å². The van der Waals surface area contributed by atoms with E-state index in [-0.39, 0.29) is 9.92 Å². The molecule has 2 atom stereocenters. The smallest absolute Gasteiger partial charge is 0.242 e. The van der Waals surface area contributed by atoms with Gasteiger partial charge in [0.1, 0.15) is 4.90 Å². The molecule has 0 aliphatic rings. The highest BCUT2D eigenvalue weighted by Gasteiger charge is 2.29. The third-order valence-electron chi connectivity index (χ3n) is 4.08. The Morgan fingerprint density at radius 1 is 0.815 bits per heavy atom. The van der Waals surface area contributed by atoms with E-state index >= 15 is 0 Å². The summed E-state index contributed by atoms with van der Waals surface area (Å²) < 4.78 is 28.4. The second-order valence-electron chi connectivity index (χ2n) is 5.94. The van der Waals surface area contributed by atoms with Crippen molar-refractivity contribution in [3.8, 4) is 0 Å². The lowest BCUT2D eigenvalue weighted by atomic mass is 9.97. The lowest BCUT2D eigenvalue weighted by Gasteiger charge is -2.25. The summed E-state index contributed by atoms with van der Waals surface area (Å²) in [7, 11) is -4.01. The first kappa shape index (κ1) is 19.9. The van der Waals surface area contributed by atoms with Gasteiger partial charge in [0.15, 0.2) is 0 Å². The molecule has 0 saturated carbocycles. The molecule has 4 nitrogen and oxygen atoms in total. The van der Waals surface area contributed by atoms with Crippen molar-refractivity contribution in [1.29, 1.82) is 0 Å². The number of halogens is 2. The van der Waals surface area contributed by atoms with Crippen molar-refractivity contribution in [2.75, 3.05) is 0 Å². The number of nitrogens with one attached hydrogen (secondary N) is 1. The molecule has 0 aromatic heterocycles. The molecule has 0 saturated heterocycles. The zero-order valence-corrected chi connectivity index (χ0v) is 16.4. The van der Waals surface area contributed by atoms with Crippen molar-refractivity contribution in [2.45, 2.75) is 17.0 Å². The fourth-order valence-corrected chi connectivity index (χ4v) is 4.74. The molecule has 0 bridgehead atoms. The number of sulfonamides is 1. The van der Waals surface area contributed by atoms with Crippen LogP contribution in [-0.4, -0.2) is 13.5 Å². The maximum atomic E-state index is 12.9. The molecule has 0 radical (unpaired) electrons. The molecule has 0 amide bonds. The van der Waals surface area contributed by atoms with Crippen molar-refractivity contribution >= 4 is 33.2 Å². The third-order valence-corrected chi connectivity index (χ3v) is 6.24. The first-order chi connectivity index (χ1) is 12.9. The molecule has 3 rings (SSSR count). The average Bonchev–Trinajstić information content (AvgIpc) is 2.67. The summed E-state index contributed by atoms with van der Waals surface area (Å²) in [6.07, 6.45) is -1.09. The molecule has 3 aromatic rings. The van der Waals surface area contributed by atoms with E-state index in [1.54, 1.807) is 48.5 Å². The molecule has 0 heterocycles. The minimum absolute atomic E-state index is 0.0102. The van der Waals surface area contributed by atoms with Gasteiger partial charge in [-0.05, 0) is 29.3 Å². The predicted octanol–water partition coefficient (Wildman–Crippen LogP) is 4.75. The number of aliphatic hydroxyl groups is 1. The van der Waals surface area contributed by atoms with E-state index in [2.05, 4.69) is 4.72 Å². The standard InChI is InChI=1S/C20H17Cl2NO3S/c21-16-11-12-18(17(22)13-16)27(25,26)23-19(14-7-3-1-4-8-14)20(24)15-9-5-2-6-10-15/h1-13,19-20,23-24H/t19-,20-/m0/s1. The fraction of sp³-hybridized carbons (Fsp3) is 0.100. The van der Waals surface area contributed by atoms with Crippen LogP contribution in [0.3, 0.4) is 0 Å². The number of rotatable bonds is 6. The third kappa shape index (κ3) is 4.69. The Morgan fingerprint density at radius 3 is 1.93 bits per heavy atom. The largest absolute Gasteiger partial charge is 0.386 e. The van der Waals surface area contributed by atoms with Gasteiger partial charge in [-0.2, -0.15) is 0 Å². The van der Waals surface area contributed by atoms with E-state index in [9.17, 15) is 13.5 Å². The molecule has 7 heteroatoms. The lowest BCUT2D eigenvalue weighted by Crippen LogP contribution is -2.33. The van der Waals surface area contributed by atoms with Crippen LogP contribution in [0.2, 0.25) is 10.0 Å². The summed E-state index contributed by atoms with van der Waals surface area (Å²) in [4.78, 5) is -0.102. The van der Waals surface area contributed by atoms with Gasteiger partial charge in [0.2, 0.25) is 10.0 Å². The Kier molecular flexibility index (Phi) is 6.19. The highest BCUT2D eigenvalue weighted by molar-refractivity contribution is 7.89. The van der Waals surface area contributed by atoms with Crippen molar-refractivity contribution in [2.24, 2.45) is 0 Å². The molecule has 0 aliphatic carbocycles. The minimum Gasteiger partial charge on any atom is -0.386 e. The van der Waals surface area contributed by atoms with Gasteiger partial charge in [-0.25, -0.2) is 13.1 Å². The summed E-state index contributed by atoms with van der Waals surface area (Å²) in [6, 6.07) is 21.0. The fourth-order valence-electron chi connectivity index (χ4n) is 2.74. The number of benzene rings is 3. The zero-order chi connectivity index (χ0) is 19.4. The molecule has 0 unspecified atom stereocenters. The highest BCUT2D eigenvalue weighted by atomic mass is 35.5. The van der Waals surface area contributed by atoms with E-state index in [4.69, 9.17) is 23.2 Å². The Bertz CT molecular complexity index is 1010. The maximum Gasteiger partial charge on any atom is 0.242 e. The van der Waals surface area contributed by atoms with Crippen LogP contribution >= 0.6 is 23.2 Å².